The monoisotopic (exact) mass is 354 g/mol. The zero-order valence-electron chi connectivity index (χ0n) is 13.6. The largest absolute Gasteiger partial charge is 0.489 e. The Labute approximate surface area is 143 Å². The number of amides is 2. The Kier molecular flexibility index (Phi) is 5.35. The number of alkyl halides is 2. The maximum absolute atomic E-state index is 12.5. The number of ether oxygens (including phenoxy) is 2. The lowest BCUT2D eigenvalue weighted by Gasteiger charge is -2.21. The van der Waals surface area contributed by atoms with Crippen molar-refractivity contribution in [3.63, 3.8) is 0 Å². The third kappa shape index (κ3) is 4.80. The summed E-state index contributed by atoms with van der Waals surface area (Å²) in [4.78, 5) is 24.0. The number of rotatable bonds is 7. The summed E-state index contributed by atoms with van der Waals surface area (Å²) in [7, 11) is 0. The molecule has 1 aromatic rings. The minimum atomic E-state index is -2.96. The third-order valence-corrected chi connectivity index (χ3v) is 4.20. The normalized spacial score (nSPS) is 20.1. The highest BCUT2D eigenvalue weighted by molar-refractivity contribution is 6.06. The molecule has 2 fully saturated rings. The zero-order valence-corrected chi connectivity index (χ0v) is 13.6. The first-order valence-corrected chi connectivity index (χ1v) is 8.33. The lowest BCUT2D eigenvalue weighted by molar-refractivity contribution is -0.134. The second-order valence-corrected chi connectivity index (χ2v) is 6.27. The fourth-order valence-electron chi connectivity index (χ4n) is 2.64. The first-order valence-electron chi connectivity index (χ1n) is 8.33. The Morgan fingerprint density at radius 2 is 2.08 bits per heavy atom. The van der Waals surface area contributed by atoms with Crippen LogP contribution in [0, 0.1) is 11.8 Å². The number of benzene rings is 1. The summed E-state index contributed by atoms with van der Waals surface area (Å²) in [6, 6.07) is 4.21. The van der Waals surface area contributed by atoms with Gasteiger partial charge in [0.25, 0.3) is 0 Å². The molecular weight excluding hydrogens is 334 g/mol. The molecule has 8 heteroatoms. The van der Waals surface area contributed by atoms with E-state index >= 15 is 0 Å². The van der Waals surface area contributed by atoms with Crippen molar-refractivity contribution in [3.8, 4) is 11.5 Å². The summed E-state index contributed by atoms with van der Waals surface area (Å²) in [5.41, 5.74) is 0.371. The minimum Gasteiger partial charge on any atom is -0.489 e. The quantitative estimate of drug-likeness (QED) is 0.738. The van der Waals surface area contributed by atoms with Crippen molar-refractivity contribution in [2.24, 2.45) is 11.8 Å². The van der Waals surface area contributed by atoms with E-state index in [-0.39, 0.29) is 17.4 Å². The van der Waals surface area contributed by atoms with Gasteiger partial charge in [-0.3, -0.25) is 9.59 Å². The molecule has 0 unspecified atom stereocenters. The number of nitrogens with one attached hydrogen (secondary N) is 2. The predicted octanol–water partition coefficient (Wildman–Crippen LogP) is 2.54. The molecule has 2 N–H and O–H groups in total. The van der Waals surface area contributed by atoms with E-state index in [0.717, 1.165) is 19.3 Å². The molecule has 1 aliphatic carbocycles. The lowest BCUT2D eigenvalue weighted by Crippen LogP contribution is -2.42. The van der Waals surface area contributed by atoms with E-state index in [0.29, 0.717) is 31.2 Å². The van der Waals surface area contributed by atoms with E-state index in [2.05, 4.69) is 15.4 Å². The molecule has 1 heterocycles. The molecule has 0 aromatic heterocycles. The van der Waals surface area contributed by atoms with Crippen LogP contribution in [0.1, 0.15) is 25.7 Å². The zero-order chi connectivity index (χ0) is 17.8. The smallest absolute Gasteiger partial charge is 0.387 e. The van der Waals surface area contributed by atoms with Gasteiger partial charge in [0.2, 0.25) is 11.8 Å². The number of carbonyl (C=O) groups is 2. The van der Waals surface area contributed by atoms with Crippen LogP contribution in [0.25, 0.3) is 0 Å². The number of piperidine rings is 1. The van der Waals surface area contributed by atoms with Gasteiger partial charge < -0.3 is 20.1 Å². The maximum Gasteiger partial charge on any atom is 0.387 e. The second-order valence-electron chi connectivity index (χ2n) is 6.27. The summed E-state index contributed by atoms with van der Waals surface area (Å²) < 4.78 is 35.1. The van der Waals surface area contributed by atoms with E-state index in [1.54, 1.807) is 0 Å². The van der Waals surface area contributed by atoms with Crippen LogP contribution < -0.4 is 20.1 Å². The number of anilines is 1. The molecule has 1 atom stereocenters. The highest BCUT2D eigenvalue weighted by Gasteiger charge is 2.29. The van der Waals surface area contributed by atoms with Gasteiger partial charge in [-0.25, -0.2) is 0 Å². The summed E-state index contributed by atoms with van der Waals surface area (Å²) in [5.74, 6) is -0.966. The molecule has 0 bridgehead atoms. The number of halogens is 2. The Hall–Kier alpha value is -2.38. The molecule has 1 saturated heterocycles. The van der Waals surface area contributed by atoms with Gasteiger partial charge >= 0.3 is 6.61 Å². The summed E-state index contributed by atoms with van der Waals surface area (Å²) in [6.07, 6.45) is 3.33. The van der Waals surface area contributed by atoms with Crippen molar-refractivity contribution < 1.29 is 27.8 Å². The Morgan fingerprint density at radius 1 is 1.28 bits per heavy atom. The first-order chi connectivity index (χ1) is 12.0. The third-order valence-electron chi connectivity index (χ3n) is 4.20. The fourth-order valence-corrected chi connectivity index (χ4v) is 2.64. The van der Waals surface area contributed by atoms with Gasteiger partial charge in [0.1, 0.15) is 5.92 Å². The molecule has 2 amide bonds. The van der Waals surface area contributed by atoms with Crippen molar-refractivity contribution >= 4 is 17.5 Å². The second kappa shape index (κ2) is 7.67. The average Bonchev–Trinajstić information content (AvgIpc) is 3.39. The molecule has 2 aliphatic rings. The van der Waals surface area contributed by atoms with Crippen LogP contribution in [0.5, 0.6) is 11.5 Å². The van der Waals surface area contributed by atoms with Crippen molar-refractivity contribution in [1.82, 2.24) is 5.32 Å². The highest BCUT2D eigenvalue weighted by Crippen LogP contribution is 2.35. The SMILES string of the molecule is O=C1NCCC[C@@H]1C(=O)Nc1ccc(OC(F)F)c(OCC2CC2)c1. The van der Waals surface area contributed by atoms with Gasteiger partial charge in [-0.15, -0.1) is 0 Å². The van der Waals surface area contributed by atoms with Gasteiger partial charge in [-0.1, -0.05) is 0 Å². The van der Waals surface area contributed by atoms with Gasteiger partial charge in [0.15, 0.2) is 11.5 Å². The van der Waals surface area contributed by atoms with Crippen LogP contribution in [0.15, 0.2) is 18.2 Å². The molecule has 6 nitrogen and oxygen atoms in total. The number of hydrogen-bond acceptors (Lipinski definition) is 4. The maximum atomic E-state index is 12.5. The van der Waals surface area contributed by atoms with Crippen molar-refractivity contribution in [2.45, 2.75) is 32.3 Å². The first kappa shape index (κ1) is 17.4. The predicted molar refractivity (Wildman–Crippen MR) is 85.7 cm³/mol. The molecule has 136 valence electrons. The molecule has 25 heavy (non-hydrogen) atoms. The van der Waals surface area contributed by atoms with E-state index in [1.165, 1.54) is 18.2 Å². The molecule has 1 aromatic carbocycles. The van der Waals surface area contributed by atoms with E-state index in [4.69, 9.17) is 4.74 Å². The van der Waals surface area contributed by atoms with Crippen LogP contribution in [0.4, 0.5) is 14.5 Å². The van der Waals surface area contributed by atoms with E-state index in [1.807, 2.05) is 0 Å². The van der Waals surface area contributed by atoms with Crippen LogP contribution in [-0.2, 0) is 9.59 Å². The highest BCUT2D eigenvalue weighted by atomic mass is 19.3. The van der Waals surface area contributed by atoms with Crippen LogP contribution in [-0.4, -0.2) is 31.6 Å². The molecular formula is C17H20F2N2O4. The molecule has 0 spiro atoms. The number of hydrogen-bond donors (Lipinski definition) is 2. The van der Waals surface area contributed by atoms with Gasteiger partial charge in [-0.05, 0) is 43.7 Å². The fraction of sp³-hybridized carbons (Fsp3) is 0.529. The van der Waals surface area contributed by atoms with Gasteiger partial charge in [0, 0.05) is 18.3 Å². The molecule has 3 rings (SSSR count). The Balaban J connectivity index is 1.70. The van der Waals surface area contributed by atoms with Crippen molar-refractivity contribution in [3.05, 3.63) is 18.2 Å². The average molecular weight is 354 g/mol. The summed E-state index contributed by atoms with van der Waals surface area (Å²) in [6.45, 7) is -1.97. The topological polar surface area (TPSA) is 76.7 Å². The van der Waals surface area contributed by atoms with E-state index in [9.17, 15) is 18.4 Å². The van der Waals surface area contributed by atoms with Gasteiger partial charge in [0.05, 0.1) is 6.61 Å². The Bertz CT molecular complexity index is 650. The molecule has 1 saturated carbocycles. The van der Waals surface area contributed by atoms with Crippen molar-refractivity contribution in [2.75, 3.05) is 18.5 Å². The lowest BCUT2D eigenvalue weighted by atomic mass is 9.98. The number of carbonyl (C=O) groups excluding carboxylic acids is 2. The van der Waals surface area contributed by atoms with Crippen LogP contribution in [0.3, 0.4) is 0 Å². The summed E-state index contributed by atoms with van der Waals surface area (Å²) >= 11 is 0. The Morgan fingerprint density at radius 3 is 2.76 bits per heavy atom. The van der Waals surface area contributed by atoms with Gasteiger partial charge in [-0.2, -0.15) is 8.78 Å². The minimum absolute atomic E-state index is 0.0796. The van der Waals surface area contributed by atoms with Crippen molar-refractivity contribution in [1.29, 1.82) is 0 Å². The molecule has 1 aliphatic heterocycles. The van der Waals surface area contributed by atoms with Crippen LogP contribution in [0.2, 0.25) is 0 Å². The van der Waals surface area contributed by atoms with E-state index < -0.39 is 18.4 Å². The molecule has 0 radical (unpaired) electrons. The van der Waals surface area contributed by atoms with Crippen LogP contribution >= 0.6 is 0 Å². The summed E-state index contributed by atoms with van der Waals surface area (Å²) in [5, 5.41) is 5.30. The standard InChI is InChI=1S/C17H20F2N2O4/c18-17(19)25-13-6-5-11(8-14(13)24-9-10-3-4-10)21-16(23)12-2-1-7-20-15(12)22/h5-6,8,10,12,17H,1-4,7,9H2,(H,20,22)(H,21,23)/t12-/m0/s1.